The third kappa shape index (κ3) is 3.78. The average molecular weight is 197 g/mol. The first kappa shape index (κ1) is 11.7. The molecule has 0 saturated carbocycles. The fourth-order valence-electron chi connectivity index (χ4n) is 1.87. The monoisotopic (exact) mass is 197 g/mol. The fraction of sp³-hybridized carbons (Fsp3) is 0.818. The molecule has 1 rings (SSSR count). The SMILES string of the molecule is C=C(CN)CN1CCN(CCC)CC1. The summed E-state index contributed by atoms with van der Waals surface area (Å²) in [7, 11) is 0. The molecule has 82 valence electrons. The summed E-state index contributed by atoms with van der Waals surface area (Å²) in [6, 6.07) is 0. The highest BCUT2D eigenvalue weighted by Crippen LogP contribution is 2.04. The van der Waals surface area contributed by atoms with Gasteiger partial charge >= 0.3 is 0 Å². The molecule has 3 heteroatoms. The van der Waals surface area contributed by atoms with E-state index in [1.54, 1.807) is 0 Å². The van der Waals surface area contributed by atoms with E-state index in [0.29, 0.717) is 6.54 Å². The Morgan fingerprint density at radius 1 is 1.21 bits per heavy atom. The van der Waals surface area contributed by atoms with E-state index in [1.807, 2.05) is 0 Å². The molecule has 0 spiro atoms. The lowest BCUT2D eigenvalue weighted by molar-refractivity contribution is 0.140. The topological polar surface area (TPSA) is 32.5 Å². The van der Waals surface area contributed by atoms with E-state index < -0.39 is 0 Å². The van der Waals surface area contributed by atoms with Crippen molar-refractivity contribution in [1.82, 2.24) is 9.80 Å². The van der Waals surface area contributed by atoms with Crippen LogP contribution in [-0.4, -0.2) is 55.6 Å². The second-order valence-corrected chi connectivity index (χ2v) is 4.07. The van der Waals surface area contributed by atoms with Crippen LogP contribution < -0.4 is 5.73 Å². The fourth-order valence-corrected chi connectivity index (χ4v) is 1.87. The summed E-state index contributed by atoms with van der Waals surface area (Å²) in [5.41, 5.74) is 6.67. The number of rotatable bonds is 5. The number of piperazine rings is 1. The van der Waals surface area contributed by atoms with Crippen molar-refractivity contribution < 1.29 is 0 Å². The Bertz CT molecular complexity index is 171. The van der Waals surface area contributed by atoms with E-state index in [9.17, 15) is 0 Å². The molecule has 3 nitrogen and oxygen atoms in total. The molecule has 0 atom stereocenters. The summed E-state index contributed by atoms with van der Waals surface area (Å²) in [6.45, 7) is 13.8. The molecule has 1 saturated heterocycles. The van der Waals surface area contributed by atoms with Crippen LogP contribution in [-0.2, 0) is 0 Å². The molecule has 0 aromatic carbocycles. The zero-order valence-electron chi connectivity index (χ0n) is 9.34. The van der Waals surface area contributed by atoms with Gasteiger partial charge < -0.3 is 10.6 Å². The first-order valence-corrected chi connectivity index (χ1v) is 5.57. The highest BCUT2D eigenvalue weighted by Gasteiger charge is 2.15. The quantitative estimate of drug-likeness (QED) is 0.653. The Morgan fingerprint density at radius 2 is 1.79 bits per heavy atom. The minimum atomic E-state index is 0.620. The summed E-state index contributed by atoms with van der Waals surface area (Å²) >= 11 is 0. The standard InChI is InChI=1S/C11H23N3/c1-3-4-13-5-7-14(8-6-13)10-11(2)9-12/h2-10,12H2,1H3. The van der Waals surface area contributed by atoms with Crippen molar-refractivity contribution in [2.75, 3.05) is 45.8 Å². The molecule has 0 bridgehead atoms. The summed E-state index contributed by atoms with van der Waals surface area (Å²) in [5.74, 6) is 0. The number of hydrogen-bond donors (Lipinski definition) is 1. The van der Waals surface area contributed by atoms with Gasteiger partial charge in [0.25, 0.3) is 0 Å². The largest absolute Gasteiger partial charge is 0.327 e. The average Bonchev–Trinajstić information content (AvgIpc) is 2.21. The molecule has 2 N–H and O–H groups in total. The van der Waals surface area contributed by atoms with Crippen LogP contribution >= 0.6 is 0 Å². The van der Waals surface area contributed by atoms with Crippen molar-refractivity contribution in [2.45, 2.75) is 13.3 Å². The number of nitrogens with zero attached hydrogens (tertiary/aromatic N) is 2. The van der Waals surface area contributed by atoms with Gasteiger partial charge in [-0.25, -0.2) is 0 Å². The van der Waals surface area contributed by atoms with Gasteiger partial charge in [0.2, 0.25) is 0 Å². The molecule has 1 aliphatic rings. The second kappa shape index (κ2) is 6.17. The van der Waals surface area contributed by atoms with Crippen LogP contribution in [0.4, 0.5) is 0 Å². The first-order chi connectivity index (χ1) is 6.76. The van der Waals surface area contributed by atoms with Gasteiger partial charge in [0.05, 0.1) is 0 Å². The summed E-state index contributed by atoms with van der Waals surface area (Å²) in [4.78, 5) is 4.98. The van der Waals surface area contributed by atoms with Crippen LogP contribution in [0.3, 0.4) is 0 Å². The first-order valence-electron chi connectivity index (χ1n) is 5.57. The molecule has 0 aromatic rings. The van der Waals surface area contributed by atoms with Crippen LogP contribution in [0.1, 0.15) is 13.3 Å². The Kier molecular flexibility index (Phi) is 5.15. The van der Waals surface area contributed by atoms with Gasteiger partial charge in [-0.1, -0.05) is 13.5 Å². The minimum absolute atomic E-state index is 0.620. The van der Waals surface area contributed by atoms with Gasteiger partial charge in [0.1, 0.15) is 0 Å². The Balaban J connectivity index is 2.18. The van der Waals surface area contributed by atoms with Crippen molar-refractivity contribution in [2.24, 2.45) is 5.73 Å². The smallest absolute Gasteiger partial charge is 0.0203 e. The third-order valence-corrected chi connectivity index (χ3v) is 2.74. The molecule has 1 fully saturated rings. The Morgan fingerprint density at radius 3 is 2.29 bits per heavy atom. The van der Waals surface area contributed by atoms with Crippen molar-refractivity contribution in [3.05, 3.63) is 12.2 Å². The van der Waals surface area contributed by atoms with E-state index in [4.69, 9.17) is 5.73 Å². The zero-order chi connectivity index (χ0) is 10.4. The summed E-state index contributed by atoms with van der Waals surface area (Å²) in [5, 5.41) is 0. The molecule has 0 aliphatic carbocycles. The van der Waals surface area contributed by atoms with E-state index in [2.05, 4.69) is 23.3 Å². The maximum atomic E-state index is 5.53. The van der Waals surface area contributed by atoms with Gasteiger partial charge in [0.15, 0.2) is 0 Å². The lowest BCUT2D eigenvalue weighted by Gasteiger charge is -2.34. The van der Waals surface area contributed by atoms with Crippen molar-refractivity contribution in [1.29, 1.82) is 0 Å². The minimum Gasteiger partial charge on any atom is -0.327 e. The van der Waals surface area contributed by atoms with Gasteiger partial charge in [-0.05, 0) is 18.5 Å². The van der Waals surface area contributed by atoms with E-state index in [1.165, 1.54) is 39.1 Å². The maximum absolute atomic E-state index is 5.53. The van der Waals surface area contributed by atoms with Gasteiger partial charge in [-0.2, -0.15) is 0 Å². The molecule has 1 heterocycles. The Hall–Kier alpha value is -0.380. The third-order valence-electron chi connectivity index (χ3n) is 2.74. The maximum Gasteiger partial charge on any atom is 0.0203 e. The zero-order valence-corrected chi connectivity index (χ0v) is 9.34. The molecule has 0 radical (unpaired) electrons. The van der Waals surface area contributed by atoms with Crippen molar-refractivity contribution in [3.63, 3.8) is 0 Å². The molecular formula is C11H23N3. The van der Waals surface area contributed by atoms with Gasteiger partial charge in [-0.3, -0.25) is 4.90 Å². The highest BCUT2D eigenvalue weighted by atomic mass is 15.3. The number of nitrogens with two attached hydrogens (primary N) is 1. The van der Waals surface area contributed by atoms with Gasteiger partial charge in [0, 0.05) is 39.3 Å². The summed E-state index contributed by atoms with van der Waals surface area (Å²) < 4.78 is 0. The van der Waals surface area contributed by atoms with E-state index in [-0.39, 0.29) is 0 Å². The van der Waals surface area contributed by atoms with Crippen molar-refractivity contribution >= 4 is 0 Å². The molecule has 0 unspecified atom stereocenters. The molecule has 14 heavy (non-hydrogen) atoms. The second-order valence-electron chi connectivity index (χ2n) is 4.07. The van der Waals surface area contributed by atoms with Crippen LogP contribution in [0.2, 0.25) is 0 Å². The van der Waals surface area contributed by atoms with Crippen LogP contribution in [0, 0.1) is 0 Å². The normalized spacial score (nSPS) is 19.9. The van der Waals surface area contributed by atoms with E-state index >= 15 is 0 Å². The van der Waals surface area contributed by atoms with Crippen LogP contribution in [0.15, 0.2) is 12.2 Å². The Labute approximate surface area is 87.6 Å². The lowest BCUT2D eigenvalue weighted by Crippen LogP contribution is -2.47. The lowest BCUT2D eigenvalue weighted by atomic mass is 10.2. The molecule has 1 aliphatic heterocycles. The number of hydrogen-bond acceptors (Lipinski definition) is 3. The predicted molar refractivity (Wildman–Crippen MR) is 61.4 cm³/mol. The van der Waals surface area contributed by atoms with Crippen molar-refractivity contribution in [3.8, 4) is 0 Å². The predicted octanol–water partition coefficient (Wildman–Crippen LogP) is 0.529. The van der Waals surface area contributed by atoms with Crippen LogP contribution in [0.25, 0.3) is 0 Å². The molecule has 0 amide bonds. The van der Waals surface area contributed by atoms with E-state index in [0.717, 1.165) is 12.1 Å². The summed E-state index contributed by atoms with van der Waals surface area (Å²) in [6.07, 6.45) is 1.26. The highest BCUT2D eigenvalue weighted by molar-refractivity contribution is 4.99. The van der Waals surface area contributed by atoms with Gasteiger partial charge in [-0.15, -0.1) is 0 Å². The molecule has 0 aromatic heterocycles. The van der Waals surface area contributed by atoms with Crippen LogP contribution in [0.5, 0.6) is 0 Å². The molecular weight excluding hydrogens is 174 g/mol.